The summed E-state index contributed by atoms with van der Waals surface area (Å²) in [5.74, 6) is -0.869. The number of quaternary nitrogens is 1. The van der Waals surface area contributed by atoms with Gasteiger partial charge in [-0.1, -0.05) is 295 Å². The first kappa shape index (κ1) is 89.8. The third-order valence-corrected chi connectivity index (χ3v) is 15.4. The zero-order valence-electron chi connectivity index (χ0n) is 60.7. The van der Waals surface area contributed by atoms with Gasteiger partial charge in [-0.2, -0.15) is 0 Å². The van der Waals surface area contributed by atoms with Gasteiger partial charge in [-0.3, -0.25) is 18.6 Å². The van der Waals surface area contributed by atoms with Crippen LogP contribution in [0.4, 0.5) is 0 Å². The Morgan fingerprint density at radius 3 is 0.844 bits per heavy atom. The minimum Gasteiger partial charge on any atom is -0.462 e. The summed E-state index contributed by atoms with van der Waals surface area (Å²) in [4.78, 5) is 35.9. The molecule has 534 valence electrons. The van der Waals surface area contributed by atoms with Crippen LogP contribution in [0.15, 0.2) is 243 Å². The van der Waals surface area contributed by atoms with Gasteiger partial charge < -0.3 is 18.9 Å². The molecule has 0 aromatic carbocycles. The fourth-order valence-corrected chi connectivity index (χ4v) is 9.58. The van der Waals surface area contributed by atoms with Crippen molar-refractivity contribution in [3.63, 3.8) is 0 Å². The lowest BCUT2D eigenvalue weighted by Crippen LogP contribution is -2.37. The first-order valence-corrected chi connectivity index (χ1v) is 38.3. The molecular weight excluding hydrogens is 1210 g/mol. The molecule has 9 nitrogen and oxygen atoms in total. The van der Waals surface area contributed by atoms with Crippen LogP contribution in [0.2, 0.25) is 0 Å². The predicted octanol–water partition coefficient (Wildman–Crippen LogP) is 24.7. The average molecular weight is 1340 g/mol. The maximum absolute atomic E-state index is 12.9. The van der Waals surface area contributed by atoms with Crippen molar-refractivity contribution in [2.45, 2.75) is 238 Å². The van der Waals surface area contributed by atoms with Gasteiger partial charge in [0.1, 0.15) is 19.8 Å². The SMILES string of the molecule is CC/C=C\C/C=C\C/C=C\C/C=C\C/C=C\C/C=C\C/C=C\C/C=C\C/C=C\C/C=C\C/C=C\CCCCCCCCCC(=O)OC(COC(=O)CCCCC/C=C\C/C=C\C/C=C\C/C=C\C/C=C\C/C=C\C/C=C\C/C=C\C/C=C\CC)COP(=O)(O)OCC[N+](C)(C)C. The highest BCUT2D eigenvalue weighted by Crippen LogP contribution is 2.43. The Kier molecular flexibility index (Phi) is 68.4. The number of hydrogen-bond acceptors (Lipinski definition) is 7. The molecule has 0 aliphatic rings. The summed E-state index contributed by atoms with van der Waals surface area (Å²) < 4.78 is 34.7. The summed E-state index contributed by atoms with van der Waals surface area (Å²) in [6.45, 7) is 4.11. The summed E-state index contributed by atoms with van der Waals surface area (Å²) in [5, 5.41) is 0. The third kappa shape index (κ3) is 76.8. The number of phosphoric acid groups is 1. The van der Waals surface area contributed by atoms with Gasteiger partial charge in [-0.25, -0.2) is 4.57 Å². The zero-order chi connectivity index (χ0) is 69.7. The lowest BCUT2D eigenvalue weighted by Gasteiger charge is -2.24. The predicted molar refractivity (Wildman–Crippen MR) is 417 cm³/mol. The Balaban J connectivity index is 4.23. The van der Waals surface area contributed by atoms with E-state index in [9.17, 15) is 19.0 Å². The van der Waals surface area contributed by atoms with E-state index in [-0.39, 0.29) is 26.1 Å². The molecule has 0 aliphatic carbocycles. The number of phosphoric ester groups is 1. The van der Waals surface area contributed by atoms with Crippen LogP contribution in [-0.2, 0) is 32.7 Å². The molecular formula is C86H133NO8P+. The molecule has 0 saturated heterocycles. The van der Waals surface area contributed by atoms with E-state index in [0.717, 1.165) is 180 Å². The molecule has 0 aliphatic heterocycles. The molecule has 0 spiro atoms. The summed E-state index contributed by atoms with van der Waals surface area (Å²) in [6, 6.07) is 0. The molecule has 0 radical (unpaired) electrons. The minimum absolute atomic E-state index is 0.00940. The molecule has 2 atom stereocenters. The first-order chi connectivity index (χ1) is 47.0. The van der Waals surface area contributed by atoms with E-state index < -0.39 is 32.5 Å². The van der Waals surface area contributed by atoms with Crippen molar-refractivity contribution in [3.8, 4) is 0 Å². The van der Waals surface area contributed by atoms with E-state index in [2.05, 4.69) is 257 Å². The van der Waals surface area contributed by atoms with Crippen LogP contribution >= 0.6 is 7.82 Å². The van der Waals surface area contributed by atoms with Crippen LogP contribution in [0, 0.1) is 0 Å². The van der Waals surface area contributed by atoms with Crippen molar-refractivity contribution >= 4 is 19.8 Å². The third-order valence-electron chi connectivity index (χ3n) is 14.4. The van der Waals surface area contributed by atoms with E-state index in [0.29, 0.717) is 23.9 Å². The van der Waals surface area contributed by atoms with E-state index in [1.54, 1.807) is 0 Å². The zero-order valence-corrected chi connectivity index (χ0v) is 61.6. The van der Waals surface area contributed by atoms with Crippen molar-refractivity contribution in [2.75, 3.05) is 47.5 Å². The molecule has 10 heteroatoms. The molecule has 0 aromatic rings. The highest BCUT2D eigenvalue weighted by atomic mass is 31.2. The number of carbonyl (C=O) groups is 2. The van der Waals surface area contributed by atoms with Gasteiger partial charge in [0.15, 0.2) is 6.10 Å². The second-order valence-electron chi connectivity index (χ2n) is 24.5. The summed E-state index contributed by atoms with van der Waals surface area (Å²) in [5.41, 5.74) is 0. The van der Waals surface area contributed by atoms with Crippen LogP contribution < -0.4 is 0 Å². The quantitative estimate of drug-likeness (QED) is 0.0211. The van der Waals surface area contributed by atoms with E-state index in [1.165, 1.54) is 12.8 Å². The molecule has 0 bridgehead atoms. The van der Waals surface area contributed by atoms with Crippen LogP contribution in [0.1, 0.15) is 232 Å². The fourth-order valence-electron chi connectivity index (χ4n) is 8.83. The van der Waals surface area contributed by atoms with Gasteiger partial charge in [0.2, 0.25) is 0 Å². The van der Waals surface area contributed by atoms with Gasteiger partial charge in [-0.05, 0) is 167 Å². The number of ether oxygens (including phenoxy) is 2. The smallest absolute Gasteiger partial charge is 0.462 e. The molecule has 0 saturated carbocycles. The second-order valence-corrected chi connectivity index (χ2v) is 26.0. The number of rotatable bonds is 64. The average Bonchev–Trinajstić information content (AvgIpc) is 2.54. The number of hydrogen-bond donors (Lipinski definition) is 1. The van der Waals surface area contributed by atoms with Crippen molar-refractivity contribution in [2.24, 2.45) is 0 Å². The fraction of sp³-hybridized carbons (Fsp3) is 0.512. The van der Waals surface area contributed by atoms with Crippen molar-refractivity contribution < 1.29 is 42.1 Å². The van der Waals surface area contributed by atoms with E-state index in [4.69, 9.17) is 18.5 Å². The Bertz CT molecular complexity index is 2520. The summed E-state index contributed by atoms with van der Waals surface area (Å²) >= 11 is 0. The topological polar surface area (TPSA) is 108 Å². The molecule has 0 rings (SSSR count). The Morgan fingerprint density at radius 1 is 0.323 bits per heavy atom. The maximum atomic E-state index is 12.9. The largest absolute Gasteiger partial charge is 0.472 e. The first-order valence-electron chi connectivity index (χ1n) is 36.8. The van der Waals surface area contributed by atoms with Gasteiger partial charge in [-0.15, -0.1) is 0 Å². The molecule has 0 heterocycles. The van der Waals surface area contributed by atoms with Crippen LogP contribution in [0.3, 0.4) is 0 Å². The Morgan fingerprint density at radius 2 is 0.562 bits per heavy atom. The summed E-state index contributed by atoms with van der Waals surface area (Å²) in [6.07, 6.45) is 120. The molecule has 0 amide bonds. The molecule has 1 N–H and O–H groups in total. The van der Waals surface area contributed by atoms with Crippen molar-refractivity contribution in [1.29, 1.82) is 0 Å². The van der Waals surface area contributed by atoms with Crippen LogP contribution in [-0.4, -0.2) is 74.9 Å². The lowest BCUT2D eigenvalue weighted by atomic mass is 10.1. The molecule has 96 heavy (non-hydrogen) atoms. The van der Waals surface area contributed by atoms with Crippen molar-refractivity contribution in [3.05, 3.63) is 243 Å². The van der Waals surface area contributed by atoms with E-state index in [1.807, 2.05) is 21.1 Å². The number of unbranched alkanes of at least 4 members (excludes halogenated alkanes) is 10. The molecule has 2 unspecified atom stereocenters. The Hall–Kier alpha value is -6.19. The van der Waals surface area contributed by atoms with Gasteiger partial charge in [0.05, 0.1) is 27.7 Å². The standard InChI is InChI=1S/C86H132NO8P/c1-6-8-10-12-14-16-18-20-22-24-26-28-30-32-34-36-38-39-40-41-42-43-44-45-46-47-49-51-53-55-57-59-61-63-65-67-69-71-73-75-77-79-86(89)95-84(83-94-96(90,91)93-81-80-87(3,4)5)82-92-85(88)78-76-74-72-70-68-66-64-62-60-58-56-54-52-50-48-37-35-33-31-29-27-25-23-21-19-17-15-13-11-9-7-2/h8-11,14-17,20-23,26-29,32-35,38-39,41-42,44-45,47-50,53-56,59-62,66,68,84H,6-7,12-13,18-19,24-25,30-31,36-37,40,43,46,51-52,57-58,63-65,67,69-83H2,1-5H3/p+1/b10-8-,11-9-,16-14-,17-15-,22-20-,23-21-,28-26-,29-27-,34-32-,35-33-,39-38-,42-41-,45-44-,49-47-,50-48-,55-53-,56-54-,61-59-,62-60-,68-66-. The minimum atomic E-state index is -4.42. The lowest BCUT2D eigenvalue weighted by molar-refractivity contribution is -0.870. The maximum Gasteiger partial charge on any atom is 0.472 e. The highest BCUT2D eigenvalue weighted by molar-refractivity contribution is 7.47. The number of likely N-dealkylation sites (N-methyl/N-ethyl adjacent to an activating group) is 1. The van der Waals surface area contributed by atoms with Gasteiger partial charge in [0, 0.05) is 12.8 Å². The second kappa shape index (κ2) is 73.1. The van der Waals surface area contributed by atoms with Gasteiger partial charge >= 0.3 is 19.8 Å². The van der Waals surface area contributed by atoms with Crippen LogP contribution in [0.25, 0.3) is 0 Å². The number of esters is 2. The van der Waals surface area contributed by atoms with E-state index >= 15 is 0 Å². The number of allylic oxidation sites excluding steroid dienone is 40. The number of nitrogens with zero attached hydrogens (tertiary/aromatic N) is 1. The van der Waals surface area contributed by atoms with Crippen LogP contribution in [0.5, 0.6) is 0 Å². The Labute approximate surface area is 587 Å². The van der Waals surface area contributed by atoms with Crippen molar-refractivity contribution in [1.82, 2.24) is 0 Å². The molecule has 0 aromatic heterocycles. The van der Waals surface area contributed by atoms with Gasteiger partial charge in [0.25, 0.3) is 0 Å². The normalized spacial score (nSPS) is 14.5. The highest BCUT2D eigenvalue weighted by Gasteiger charge is 2.27. The summed E-state index contributed by atoms with van der Waals surface area (Å²) in [7, 11) is 1.41. The molecule has 0 fully saturated rings. The monoisotopic (exact) mass is 1340 g/mol. The number of carbonyl (C=O) groups excluding carboxylic acids is 2.